The van der Waals surface area contributed by atoms with Crippen molar-refractivity contribution < 1.29 is 14.6 Å². The Bertz CT molecular complexity index is 460. The van der Waals surface area contributed by atoms with E-state index in [2.05, 4.69) is 0 Å². The van der Waals surface area contributed by atoms with Crippen LogP contribution in [-0.4, -0.2) is 18.2 Å². The van der Waals surface area contributed by atoms with E-state index in [1.807, 2.05) is 19.9 Å². The molecule has 1 unspecified atom stereocenters. The molecule has 4 nitrogen and oxygen atoms in total. The maximum Gasteiger partial charge on any atom is 0.303 e. The molecular formula is C13H18ClNO3. The third kappa shape index (κ3) is 3.15. The first kappa shape index (κ1) is 14.8. The highest BCUT2D eigenvalue weighted by Crippen LogP contribution is 2.37. The first-order valence-corrected chi connectivity index (χ1v) is 6.07. The molecule has 100 valence electrons. The van der Waals surface area contributed by atoms with E-state index in [1.165, 1.54) is 7.11 Å². The van der Waals surface area contributed by atoms with E-state index in [1.54, 1.807) is 0 Å². The fourth-order valence-electron chi connectivity index (χ4n) is 1.79. The van der Waals surface area contributed by atoms with Gasteiger partial charge in [-0.05, 0) is 31.4 Å². The number of carbonyl (C=O) groups is 1. The SMILES string of the molecule is COc1c(C(N)CCC(=O)O)cc(C)c(C)c1Cl. The number of benzene rings is 1. The van der Waals surface area contributed by atoms with Crippen molar-refractivity contribution in [2.75, 3.05) is 7.11 Å². The summed E-state index contributed by atoms with van der Waals surface area (Å²) in [4.78, 5) is 10.6. The summed E-state index contributed by atoms with van der Waals surface area (Å²) in [5, 5.41) is 9.22. The second-order valence-corrected chi connectivity index (χ2v) is 4.67. The summed E-state index contributed by atoms with van der Waals surface area (Å²) in [6.45, 7) is 3.85. The van der Waals surface area contributed by atoms with Gasteiger partial charge in [-0.25, -0.2) is 0 Å². The molecule has 1 atom stereocenters. The van der Waals surface area contributed by atoms with Crippen LogP contribution in [0.5, 0.6) is 5.75 Å². The number of hydrogen-bond donors (Lipinski definition) is 2. The van der Waals surface area contributed by atoms with Crippen LogP contribution in [0, 0.1) is 13.8 Å². The van der Waals surface area contributed by atoms with Crippen LogP contribution < -0.4 is 10.5 Å². The van der Waals surface area contributed by atoms with Gasteiger partial charge >= 0.3 is 5.97 Å². The lowest BCUT2D eigenvalue weighted by Crippen LogP contribution is -2.14. The average Bonchev–Trinajstić information content (AvgIpc) is 2.32. The second kappa shape index (κ2) is 6.07. The molecule has 0 fully saturated rings. The van der Waals surface area contributed by atoms with Gasteiger partial charge < -0.3 is 15.6 Å². The first-order valence-electron chi connectivity index (χ1n) is 5.69. The second-order valence-electron chi connectivity index (χ2n) is 4.29. The predicted molar refractivity (Wildman–Crippen MR) is 71.3 cm³/mol. The molecule has 0 heterocycles. The third-order valence-corrected chi connectivity index (χ3v) is 3.48. The molecule has 1 aromatic carbocycles. The molecule has 0 aliphatic carbocycles. The van der Waals surface area contributed by atoms with Crippen LogP contribution in [0.2, 0.25) is 5.02 Å². The average molecular weight is 272 g/mol. The fourth-order valence-corrected chi connectivity index (χ4v) is 2.13. The van der Waals surface area contributed by atoms with E-state index in [0.717, 1.165) is 16.7 Å². The summed E-state index contributed by atoms with van der Waals surface area (Å²) in [5.74, 6) is -0.322. The van der Waals surface area contributed by atoms with Crippen molar-refractivity contribution >= 4 is 17.6 Å². The van der Waals surface area contributed by atoms with Crippen LogP contribution in [0.3, 0.4) is 0 Å². The molecule has 0 aliphatic heterocycles. The minimum atomic E-state index is -0.862. The van der Waals surface area contributed by atoms with Crippen molar-refractivity contribution in [2.45, 2.75) is 32.7 Å². The normalized spacial score (nSPS) is 12.3. The van der Waals surface area contributed by atoms with E-state index in [0.29, 0.717) is 17.2 Å². The number of ether oxygens (including phenoxy) is 1. The van der Waals surface area contributed by atoms with E-state index < -0.39 is 12.0 Å². The molecule has 0 aromatic heterocycles. The molecule has 1 aromatic rings. The summed E-state index contributed by atoms with van der Waals surface area (Å²) >= 11 is 6.21. The highest BCUT2D eigenvalue weighted by atomic mass is 35.5. The Kier molecular flexibility index (Phi) is 4.99. The zero-order valence-corrected chi connectivity index (χ0v) is 11.5. The van der Waals surface area contributed by atoms with E-state index >= 15 is 0 Å². The van der Waals surface area contributed by atoms with Crippen molar-refractivity contribution in [3.05, 3.63) is 27.8 Å². The molecule has 1 rings (SSSR count). The molecule has 0 spiro atoms. The summed E-state index contributed by atoms with van der Waals surface area (Å²) in [7, 11) is 1.53. The Morgan fingerprint density at radius 1 is 1.56 bits per heavy atom. The topological polar surface area (TPSA) is 72.5 Å². The molecule has 3 N–H and O–H groups in total. The number of rotatable bonds is 5. The Hall–Kier alpha value is -1.26. The van der Waals surface area contributed by atoms with Gasteiger partial charge in [-0.2, -0.15) is 0 Å². The van der Waals surface area contributed by atoms with E-state index in [4.69, 9.17) is 27.2 Å². The first-order chi connectivity index (χ1) is 8.38. The van der Waals surface area contributed by atoms with Gasteiger partial charge in [-0.15, -0.1) is 0 Å². The Morgan fingerprint density at radius 2 is 2.17 bits per heavy atom. The fraction of sp³-hybridized carbons (Fsp3) is 0.462. The van der Waals surface area contributed by atoms with Crippen molar-refractivity contribution in [1.82, 2.24) is 0 Å². The molecular weight excluding hydrogens is 254 g/mol. The summed E-state index contributed by atoms with van der Waals surface area (Å²) < 4.78 is 5.28. The minimum Gasteiger partial charge on any atom is -0.495 e. The molecule has 0 bridgehead atoms. The Labute approximate surface area is 112 Å². The van der Waals surface area contributed by atoms with Crippen LogP contribution >= 0.6 is 11.6 Å². The monoisotopic (exact) mass is 271 g/mol. The zero-order valence-electron chi connectivity index (χ0n) is 10.8. The van der Waals surface area contributed by atoms with E-state index in [-0.39, 0.29) is 6.42 Å². The van der Waals surface area contributed by atoms with Gasteiger partial charge in [-0.1, -0.05) is 17.7 Å². The highest BCUT2D eigenvalue weighted by molar-refractivity contribution is 6.33. The molecule has 18 heavy (non-hydrogen) atoms. The van der Waals surface area contributed by atoms with Crippen molar-refractivity contribution in [3.63, 3.8) is 0 Å². The van der Waals surface area contributed by atoms with Crippen molar-refractivity contribution in [2.24, 2.45) is 5.73 Å². The van der Waals surface area contributed by atoms with Gasteiger partial charge in [0, 0.05) is 18.0 Å². The van der Waals surface area contributed by atoms with Crippen LogP contribution in [0.25, 0.3) is 0 Å². The summed E-state index contributed by atoms with van der Waals surface area (Å²) in [5.41, 5.74) is 8.72. The maximum absolute atomic E-state index is 10.6. The number of methoxy groups -OCH3 is 1. The van der Waals surface area contributed by atoms with Crippen LogP contribution in [0.15, 0.2) is 6.07 Å². The molecule has 0 saturated carbocycles. The van der Waals surface area contributed by atoms with Gasteiger partial charge in [0.2, 0.25) is 0 Å². The molecule has 0 amide bonds. The number of carboxylic acids is 1. The molecule has 5 heteroatoms. The quantitative estimate of drug-likeness (QED) is 0.864. The van der Waals surface area contributed by atoms with Crippen LogP contribution in [0.1, 0.15) is 35.6 Å². The van der Waals surface area contributed by atoms with E-state index in [9.17, 15) is 4.79 Å². The maximum atomic E-state index is 10.6. The molecule has 0 aliphatic rings. The molecule has 0 radical (unpaired) electrons. The number of halogens is 1. The Balaban J connectivity index is 3.11. The summed E-state index contributed by atoms with van der Waals surface area (Å²) in [6.07, 6.45) is 0.374. The van der Waals surface area contributed by atoms with Gasteiger partial charge in [0.15, 0.2) is 0 Å². The number of hydrogen-bond acceptors (Lipinski definition) is 3. The lowest BCUT2D eigenvalue weighted by atomic mass is 9.97. The number of aliphatic carboxylic acids is 1. The van der Waals surface area contributed by atoms with Crippen molar-refractivity contribution in [3.8, 4) is 5.75 Å². The molecule has 0 saturated heterocycles. The smallest absolute Gasteiger partial charge is 0.303 e. The van der Waals surface area contributed by atoms with Crippen LogP contribution in [0.4, 0.5) is 0 Å². The lowest BCUT2D eigenvalue weighted by Gasteiger charge is -2.19. The number of aryl methyl sites for hydroxylation is 1. The number of carboxylic acid groups (broad SMARTS) is 1. The standard InChI is InChI=1S/C13H18ClNO3/c1-7-6-9(10(15)4-5-11(16)17)13(18-3)12(14)8(7)2/h6,10H,4-5,15H2,1-3H3,(H,16,17). The lowest BCUT2D eigenvalue weighted by molar-refractivity contribution is -0.137. The van der Waals surface area contributed by atoms with Gasteiger partial charge in [-0.3, -0.25) is 4.79 Å². The van der Waals surface area contributed by atoms with Gasteiger partial charge in [0.05, 0.1) is 12.1 Å². The summed E-state index contributed by atoms with van der Waals surface area (Å²) in [6, 6.07) is 1.51. The minimum absolute atomic E-state index is 0.0227. The zero-order chi connectivity index (χ0) is 13.9. The number of nitrogens with two attached hydrogens (primary N) is 1. The van der Waals surface area contributed by atoms with Crippen molar-refractivity contribution in [1.29, 1.82) is 0 Å². The predicted octanol–water partition coefficient (Wildman–Crippen LogP) is 2.83. The van der Waals surface area contributed by atoms with Crippen LogP contribution in [-0.2, 0) is 4.79 Å². The largest absolute Gasteiger partial charge is 0.495 e. The van der Waals surface area contributed by atoms with Gasteiger partial charge in [0.1, 0.15) is 5.75 Å². The van der Waals surface area contributed by atoms with Gasteiger partial charge in [0.25, 0.3) is 0 Å². The third-order valence-electron chi connectivity index (χ3n) is 3.03. The highest BCUT2D eigenvalue weighted by Gasteiger charge is 2.18. The Morgan fingerprint density at radius 3 is 2.67 bits per heavy atom.